The normalized spacial score (nSPS) is 30.1. The van der Waals surface area contributed by atoms with Gasteiger partial charge in [0, 0.05) is 25.0 Å². The average Bonchev–Trinajstić information content (AvgIpc) is 2.92. The van der Waals surface area contributed by atoms with E-state index in [1.54, 1.807) is 60.7 Å². The Kier molecular flexibility index (Phi) is 7.62. The Labute approximate surface area is 222 Å². The van der Waals surface area contributed by atoms with E-state index in [2.05, 4.69) is 0 Å². The molecule has 6 rings (SSSR count). The number of ether oxygens (including phenoxy) is 7. The second-order valence-corrected chi connectivity index (χ2v) is 9.18. The number of hydrogen-bond donors (Lipinski definition) is 1. The van der Waals surface area contributed by atoms with Gasteiger partial charge in [-0.05, 0) is 0 Å². The second kappa shape index (κ2) is 11.1. The van der Waals surface area contributed by atoms with Crippen molar-refractivity contribution in [2.45, 2.75) is 69.2 Å². The van der Waals surface area contributed by atoms with E-state index in [1.807, 2.05) is 0 Å². The van der Waals surface area contributed by atoms with Gasteiger partial charge in [-0.25, -0.2) is 9.59 Å². The first kappa shape index (κ1) is 26.8. The molecular formula is C27H26O12. The minimum absolute atomic E-state index is 0.363. The van der Waals surface area contributed by atoms with Crippen molar-refractivity contribution in [1.82, 2.24) is 0 Å². The molecule has 4 aliphatic rings. The fraction of sp³-hybridized carbons (Fsp3) is 0.407. The molecular weight excluding hydrogens is 516 g/mol. The largest absolute Gasteiger partial charge is 0.454 e. The molecule has 12 heteroatoms. The number of carbonyl (C=O) groups is 4. The number of esters is 4. The molecule has 1 saturated carbocycles. The molecule has 0 amide bonds. The summed E-state index contributed by atoms with van der Waals surface area (Å²) in [6.45, 7) is 1.12. The second-order valence-electron chi connectivity index (χ2n) is 9.18. The Hall–Kier alpha value is -3.84. The number of aliphatic hydroxyl groups is 1. The maximum Gasteiger partial charge on any atom is 0.352 e. The Bertz CT molecular complexity index is 1130. The molecule has 3 unspecified atom stereocenters. The van der Waals surface area contributed by atoms with E-state index < -0.39 is 79.2 Å². The molecule has 0 radical (unpaired) electrons. The summed E-state index contributed by atoms with van der Waals surface area (Å²) >= 11 is 0. The lowest BCUT2D eigenvalue weighted by molar-refractivity contribution is -0.480. The zero-order chi connectivity index (χ0) is 27.7. The van der Waals surface area contributed by atoms with Gasteiger partial charge in [-0.1, -0.05) is 60.7 Å². The topological polar surface area (TPSA) is 153 Å². The van der Waals surface area contributed by atoms with Gasteiger partial charge in [-0.15, -0.1) is 0 Å². The zero-order valence-electron chi connectivity index (χ0n) is 20.9. The van der Waals surface area contributed by atoms with Crippen molar-refractivity contribution in [2.75, 3.05) is 0 Å². The maximum atomic E-state index is 13.2. The molecule has 0 spiro atoms. The van der Waals surface area contributed by atoms with Crippen LogP contribution in [0.2, 0.25) is 0 Å². The molecule has 12 nitrogen and oxygen atoms in total. The summed E-state index contributed by atoms with van der Waals surface area (Å²) in [7, 11) is 0. The minimum Gasteiger partial charge on any atom is -0.454 e. The third-order valence-corrected chi connectivity index (χ3v) is 6.48. The number of aliphatic hydroxyl groups excluding tert-OH is 1. The van der Waals surface area contributed by atoms with Gasteiger partial charge < -0.3 is 38.3 Å². The molecule has 9 atom stereocenters. The van der Waals surface area contributed by atoms with Gasteiger partial charge in [-0.3, -0.25) is 9.59 Å². The lowest BCUT2D eigenvalue weighted by Gasteiger charge is -2.56. The Morgan fingerprint density at radius 3 is 1.44 bits per heavy atom. The van der Waals surface area contributed by atoms with Gasteiger partial charge in [0.2, 0.25) is 12.2 Å². The summed E-state index contributed by atoms with van der Waals surface area (Å²) in [6, 6.07) is 16.5. The van der Waals surface area contributed by atoms with Gasteiger partial charge in [0.1, 0.15) is 24.4 Å². The van der Waals surface area contributed by atoms with E-state index in [0.29, 0.717) is 11.1 Å². The zero-order valence-corrected chi connectivity index (χ0v) is 20.9. The SMILES string of the molecule is CC(=O)O[C@H](C(=O)O[C@H]1C2OC3O[C@@H]1C(O)[C@H](O3)[C@H]2OC(=O)[C@@H](OC(C)=O)c1ccccc1)c1ccccc1. The molecule has 4 fully saturated rings. The molecule has 39 heavy (non-hydrogen) atoms. The maximum absolute atomic E-state index is 13.2. The number of carbonyl (C=O) groups excluding carboxylic acids is 4. The highest BCUT2D eigenvalue weighted by atomic mass is 16.9. The van der Waals surface area contributed by atoms with E-state index in [-0.39, 0.29) is 0 Å². The first-order chi connectivity index (χ1) is 18.7. The molecule has 206 valence electrons. The fourth-order valence-corrected chi connectivity index (χ4v) is 4.84. The Balaban J connectivity index is 1.38. The van der Waals surface area contributed by atoms with Crippen LogP contribution in [0.25, 0.3) is 0 Å². The van der Waals surface area contributed by atoms with Gasteiger partial charge in [0.05, 0.1) is 0 Å². The molecule has 2 aromatic carbocycles. The summed E-state index contributed by atoms with van der Waals surface area (Å²) in [6.07, 6.45) is -9.93. The van der Waals surface area contributed by atoms with Gasteiger partial charge in [-0.2, -0.15) is 0 Å². The molecule has 3 saturated heterocycles. The van der Waals surface area contributed by atoms with E-state index in [0.717, 1.165) is 13.8 Å². The highest BCUT2D eigenvalue weighted by molar-refractivity contribution is 5.81. The Morgan fingerprint density at radius 1 is 0.667 bits per heavy atom. The summed E-state index contributed by atoms with van der Waals surface area (Å²) in [4.78, 5) is 49.9. The van der Waals surface area contributed by atoms with Crippen LogP contribution in [-0.2, 0) is 52.3 Å². The highest BCUT2D eigenvalue weighted by Crippen LogP contribution is 2.43. The van der Waals surface area contributed by atoms with Crippen LogP contribution < -0.4 is 0 Å². The van der Waals surface area contributed by atoms with E-state index in [1.165, 1.54) is 0 Å². The van der Waals surface area contributed by atoms with Crippen LogP contribution in [0.3, 0.4) is 0 Å². The molecule has 2 aromatic rings. The summed E-state index contributed by atoms with van der Waals surface area (Å²) in [5.41, 5.74) is 0.726. The first-order valence-electron chi connectivity index (χ1n) is 12.2. The Morgan fingerprint density at radius 2 is 1.05 bits per heavy atom. The number of benzene rings is 2. The van der Waals surface area contributed by atoms with Crippen molar-refractivity contribution in [3.05, 3.63) is 71.8 Å². The van der Waals surface area contributed by atoms with Crippen molar-refractivity contribution in [1.29, 1.82) is 0 Å². The van der Waals surface area contributed by atoms with Crippen LogP contribution in [0.1, 0.15) is 37.2 Å². The van der Waals surface area contributed by atoms with E-state index in [9.17, 15) is 24.3 Å². The van der Waals surface area contributed by atoms with Crippen molar-refractivity contribution in [2.24, 2.45) is 0 Å². The van der Waals surface area contributed by atoms with E-state index >= 15 is 0 Å². The molecule has 1 aliphatic carbocycles. The lowest BCUT2D eigenvalue weighted by atomic mass is 9.82. The van der Waals surface area contributed by atoms with Crippen LogP contribution in [0.15, 0.2) is 60.7 Å². The van der Waals surface area contributed by atoms with Crippen LogP contribution in [0.4, 0.5) is 0 Å². The standard InChI is InChI=1S/C27H26O12/c1-13(28)33-18(15-9-5-3-6-10-15)25(31)35-22-20-17(30)21-23(24(22)39-27(37-20)38-21)36-26(32)19(34-14(2)29)16-11-7-4-8-12-16/h3-12,17-24,27,30H,1-2H3/t17?,18-,19-,20-,21+,22+,23+,24?,27?/m0/s1. The number of rotatable bonds is 8. The predicted octanol–water partition coefficient (Wildman–Crippen LogP) is 1.26. The summed E-state index contributed by atoms with van der Waals surface area (Å²) in [5.74, 6) is -3.31. The van der Waals surface area contributed by atoms with Crippen molar-refractivity contribution in [3.63, 3.8) is 0 Å². The summed E-state index contributed by atoms with van der Waals surface area (Å²) < 4.78 is 38.6. The fourth-order valence-electron chi connectivity index (χ4n) is 4.84. The lowest BCUT2D eigenvalue weighted by Crippen LogP contribution is -2.76. The molecule has 0 aromatic heterocycles. The van der Waals surface area contributed by atoms with Crippen LogP contribution in [0.5, 0.6) is 0 Å². The van der Waals surface area contributed by atoms with Crippen LogP contribution in [0, 0.1) is 0 Å². The minimum atomic E-state index is -1.40. The van der Waals surface area contributed by atoms with Crippen molar-refractivity contribution >= 4 is 23.9 Å². The molecule has 3 heterocycles. The third-order valence-electron chi connectivity index (χ3n) is 6.48. The van der Waals surface area contributed by atoms with Gasteiger partial charge in [0.25, 0.3) is 6.48 Å². The van der Waals surface area contributed by atoms with Crippen molar-refractivity contribution < 1.29 is 57.4 Å². The smallest absolute Gasteiger partial charge is 0.352 e. The molecule has 4 bridgehead atoms. The van der Waals surface area contributed by atoms with Gasteiger partial charge >= 0.3 is 23.9 Å². The average molecular weight is 542 g/mol. The van der Waals surface area contributed by atoms with Gasteiger partial charge in [0.15, 0.2) is 12.2 Å². The molecule has 3 aliphatic heterocycles. The first-order valence-corrected chi connectivity index (χ1v) is 12.2. The molecule has 1 N–H and O–H groups in total. The highest BCUT2D eigenvalue weighted by Gasteiger charge is 2.65. The third kappa shape index (κ3) is 5.50. The quantitative estimate of drug-likeness (QED) is 0.377. The number of hydrogen-bond acceptors (Lipinski definition) is 12. The van der Waals surface area contributed by atoms with E-state index in [4.69, 9.17) is 33.2 Å². The van der Waals surface area contributed by atoms with Crippen molar-refractivity contribution in [3.8, 4) is 0 Å². The van der Waals surface area contributed by atoms with Crippen LogP contribution in [-0.4, -0.2) is 72.1 Å². The van der Waals surface area contributed by atoms with Crippen LogP contribution >= 0.6 is 0 Å². The summed E-state index contributed by atoms with van der Waals surface area (Å²) in [5, 5.41) is 10.9. The monoisotopic (exact) mass is 542 g/mol. The predicted molar refractivity (Wildman–Crippen MR) is 126 cm³/mol.